The molecule has 86 valence electrons. The van der Waals surface area contributed by atoms with E-state index in [-0.39, 0.29) is 11.1 Å². The molecule has 1 aromatic carbocycles. The smallest absolute Gasteiger partial charge is 0.370 e. The van der Waals surface area contributed by atoms with Crippen LogP contribution in [0.5, 0.6) is 0 Å². The normalized spacial score (nSPS) is 19.5. The van der Waals surface area contributed by atoms with E-state index < -0.39 is 19.4 Å². The Labute approximate surface area is 99.7 Å². The van der Waals surface area contributed by atoms with Gasteiger partial charge >= 0.3 is 13.6 Å². The van der Waals surface area contributed by atoms with Gasteiger partial charge in [-0.15, -0.1) is 0 Å². The Kier molecular flexibility index (Phi) is 2.70. The summed E-state index contributed by atoms with van der Waals surface area (Å²) in [7, 11) is -4.49. The molecule has 0 amide bonds. The first-order valence-electron chi connectivity index (χ1n) is 4.37. The second-order valence-electron chi connectivity index (χ2n) is 3.48. The average molecular weight is 307 g/mol. The van der Waals surface area contributed by atoms with Crippen LogP contribution in [0, 0.1) is 6.92 Å². The summed E-state index contributed by atoms with van der Waals surface area (Å²) in [5.74, 6) is -2.17. The Morgan fingerprint density at radius 2 is 2.06 bits per heavy atom. The number of cyclic esters (lactones) is 1. The van der Waals surface area contributed by atoms with Gasteiger partial charge in [-0.05, 0) is 24.6 Å². The minimum atomic E-state index is -4.49. The number of esters is 1. The van der Waals surface area contributed by atoms with Crippen molar-refractivity contribution in [2.24, 2.45) is 0 Å². The van der Waals surface area contributed by atoms with Gasteiger partial charge in [0.1, 0.15) is 0 Å². The van der Waals surface area contributed by atoms with E-state index in [2.05, 4.69) is 15.9 Å². The molecule has 1 aliphatic heterocycles. The lowest BCUT2D eigenvalue weighted by molar-refractivity contribution is 0.0470. The van der Waals surface area contributed by atoms with E-state index >= 15 is 0 Å². The van der Waals surface area contributed by atoms with Gasteiger partial charge in [-0.3, -0.25) is 4.57 Å². The highest BCUT2D eigenvalue weighted by atomic mass is 79.9. The molecule has 16 heavy (non-hydrogen) atoms. The number of hydrogen-bond donors (Lipinski definition) is 2. The number of hydrogen-bond acceptors (Lipinski definition) is 3. The Morgan fingerprint density at radius 3 is 2.62 bits per heavy atom. The third-order valence-electron chi connectivity index (χ3n) is 2.44. The summed E-state index contributed by atoms with van der Waals surface area (Å²) >= 11 is 3.24. The van der Waals surface area contributed by atoms with Crippen molar-refractivity contribution in [3.63, 3.8) is 0 Å². The van der Waals surface area contributed by atoms with Crippen LogP contribution >= 0.6 is 23.5 Å². The minimum Gasteiger partial charge on any atom is -0.441 e. The zero-order valence-corrected chi connectivity index (χ0v) is 10.7. The molecule has 2 rings (SSSR count). The van der Waals surface area contributed by atoms with Crippen LogP contribution in [0.1, 0.15) is 27.3 Å². The molecule has 1 heterocycles. The van der Waals surface area contributed by atoms with Gasteiger partial charge in [-0.2, -0.15) is 0 Å². The molecule has 0 spiro atoms. The maximum atomic E-state index is 11.4. The molecule has 0 aromatic heterocycles. The van der Waals surface area contributed by atoms with Crippen LogP contribution in [0.15, 0.2) is 16.6 Å². The monoisotopic (exact) mass is 306 g/mol. The predicted molar refractivity (Wildman–Crippen MR) is 59.1 cm³/mol. The van der Waals surface area contributed by atoms with Crippen molar-refractivity contribution in [2.75, 3.05) is 0 Å². The van der Waals surface area contributed by atoms with E-state index in [9.17, 15) is 9.36 Å². The quantitative estimate of drug-likeness (QED) is 0.613. The molecule has 2 N–H and O–H groups in total. The fraction of sp³-hybridized carbons (Fsp3) is 0.222. The van der Waals surface area contributed by atoms with Crippen LogP contribution in [0.4, 0.5) is 0 Å². The Bertz CT molecular complexity index is 521. The molecule has 1 atom stereocenters. The standard InChI is InChI=1S/C9H8BrO5P/c1-4-6(10)3-2-5-7(4)9(15-8(5)11)16(12,13)14/h2-3,9H,1H3,(H2,12,13,14). The molecule has 5 nitrogen and oxygen atoms in total. The lowest BCUT2D eigenvalue weighted by Gasteiger charge is -2.14. The van der Waals surface area contributed by atoms with Crippen molar-refractivity contribution in [3.05, 3.63) is 33.3 Å². The van der Waals surface area contributed by atoms with Crippen LogP contribution in [-0.4, -0.2) is 15.8 Å². The van der Waals surface area contributed by atoms with Crippen LogP contribution in [0.25, 0.3) is 0 Å². The molecule has 1 unspecified atom stereocenters. The fourth-order valence-corrected chi connectivity index (χ4v) is 2.91. The summed E-state index contributed by atoms with van der Waals surface area (Å²) in [6.07, 6.45) is 0. The SMILES string of the molecule is Cc1c(Br)ccc2c1C(P(=O)(O)O)OC2=O. The topological polar surface area (TPSA) is 83.8 Å². The number of carbonyl (C=O) groups excluding carboxylic acids is 1. The fourth-order valence-electron chi connectivity index (χ4n) is 1.66. The summed E-state index contributed by atoms with van der Waals surface area (Å²) in [4.78, 5) is 29.6. The van der Waals surface area contributed by atoms with E-state index in [0.29, 0.717) is 10.0 Å². The molecule has 0 saturated heterocycles. The van der Waals surface area contributed by atoms with E-state index in [1.807, 2.05) is 0 Å². The van der Waals surface area contributed by atoms with Crippen LogP contribution in [-0.2, 0) is 9.30 Å². The van der Waals surface area contributed by atoms with Gasteiger partial charge in [0.15, 0.2) is 0 Å². The number of halogens is 1. The first-order valence-corrected chi connectivity index (χ1v) is 6.85. The van der Waals surface area contributed by atoms with Crippen molar-refractivity contribution >= 4 is 29.5 Å². The highest BCUT2D eigenvalue weighted by Crippen LogP contribution is 2.57. The number of ether oxygens (including phenoxy) is 1. The highest BCUT2D eigenvalue weighted by molar-refractivity contribution is 9.10. The summed E-state index contributed by atoms with van der Waals surface area (Å²) in [6, 6.07) is 3.14. The minimum absolute atomic E-state index is 0.217. The van der Waals surface area contributed by atoms with Crippen molar-refractivity contribution < 1.29 is 23.9 Å². The lowest BCUT2D eigenvalue weighted by Crippen LogP contribution is -2.00. The van der Waals surface area contributed by atoms with Crippen LogP contribution in [0.3, 0.4) is 0 Å². The van der Waals surface area contributed by atoms with Gasteiger partial charge in [-0.25, -0.2) is 4.79 Å². The van der Waals surface area contributed by atoms with Crippen LogP contribution < -0.4 is 0 Å². The molecule has 0 fully saturated rings. The molecule has 7 heteroatoms. The Morgan fingerprint density at radius 1 is 1.44 bits per heavy atom. The van der Waals surface area contributed by atoms with E-state index in [4.69, 9.17) is 14.5 Å². The molecule has 1 aliphatic rings. The van der Waals surface area contributed by atoms with Crippen molar-refractivity contribution in [1.82, 2.24) is 0 Å². The summed E-state index contributed by atoms with van der Waals surface area (Å²) in [5, 5.41) is 0. The largest absolute Gasteiger partial charge is 0.441 e. The van der Waals surface area contributed by atoms with Gasteiger partial charge in [0.25, 0.3) is 0 Å². The third-order valence-corrected chi connectivity index (χ3v) is 4.27. The van der Waals surface area contributed by atoms with Gasteiger partial charge in [0.05, 0.1) is 5.56 Å². The third kappa shape index (κ3) is 1.72. The van der Waals surface area contributed by atoms with Gasteiger partial charge in [0, 0.05) is 10.0 Å². The van der Waals surface area contributed by atoms with E-state index in [1.165, 1.54) is 6.07 Å². The lowest BCUT2D eigenvalue weighted by atomic mass is 10.0. The zero-order valence-electron chi connectivity index (χ0n) is 8.18. The van der Waals surface area contributed by atoms with Crippen molar-refractivity contribution in [2.45, 2.75) is 12.8 Å². The maximum Gasteiger partial charge on any atom is 0.370 e. The van der Waals surface area contributed by atoms with E-state index in [0.717, 1.165) is 0 Å². The second-order valence-corrected chi connectivity index (χ2v) is 5.98. The molecular weight excluding hydrogens is 299 g/mol. The van der Waals surface area contributed by atoms with Crippen molar-refractivity contribution in [1.29, 1.82) is 0 Å². The zero-order chi connectivity index (χ0) is 12.1. The molecule has 0 radical (unpaired) electrons. The summed E-state index contributed by atoms with van der Waals surface area (Å²) in [5.41, 5.74) is 1.10. The van der Waals surface area contributed by atoms with Gasteiger partial charge < -0.3 is 14.5 Å². The molecule has 0 aliphatic carbocycles. The maximum absolute atomic E-state index is 11.4. The number of carbonyl (C=O) groups is 1. The molecule has 0 saturated carbocycles. The van der Waals surface area contributed by atoms with E-state index in [1.54, 1.807) is 13.0 Å². The predicted octanol–water partition coefficient (Wildman–Crippen LogP) is 2.10. The highest BCUT2D eigenvalue weighted by Gasteiger charge is 2.43. The number of rotatable bonds is 1. The van der Waals surface area contributed by atoms with Gasteiger partial charge in [0.2, 0.25) is 5.85 Å². The molecule has 0 bridgehead atoms. The van der Waals surface area contributed by atoms with Gasteiger partial charge in [-0.1, -0.05) is 15.9 Å². The number of fused-ring (bicyclic) bond motifs is 1. The average Bonchev–Trinajstić information content (AvgIpc) is 2.50. The van der Waals surface area contributed by atoms with Crippen molar-refractivity contribution in [3.8, 4) is 0 Å². The Balaban J connectivity index is 2.69. The summed E-state index contributed by atoms with van der Waals surface area (Å²) < 4.78 is 16.6. The first kappa shape index (κ1) is 11.8. The first-order chi connectivity index (χ1) is 7.32. The Hall–Kier alpha value is -0.680. The molecule has 1 aromatic rings. The molecular formula is C9H8BrO5P. The number of benzene rings is 1. The summed E-state index contributed by atoms with van der Waals surface area (Å²) in [6.45, 7) is 1.67. The van der Waals surface area contributed by atoms with Crippen LogP contribution in [0.2, 0.25) is 0 Å². The second kappa shape index (κ2) is 3.67.